The third kappa shape index (κ3) is 2.95. The number of hydrogen-bond acceptors (Lipinski definition) is 3. The molecule has 0 saturated carbocycles. The van der Waals surface area contributed by atoms with Gasteiger partial charge in [-0.2, -0.15) is 0 Å². The number of carbonyl (C=O) groups excluding carboxylic acids is 2. The lowest BCUT2D eigenvalue weighted by atomic mass is 9.94. The molecule has 1 aliphatic heterocycles. The molecule has 0 spiro atoms. The number of fused-ring (bicyclic) bond motifs is 3. The van der Waals surface area contributed by atoms with Crippen LogP contribution < -0.4 is 16.2 Å². The summed E-state index contributed by atoms with van der Waals surface area (Å²) in [7, 11) is 0. The molecule has 4 N–H and O–H groups in total. The van der Waals surface area contributed by atoms with Crippen LogP contribution in [0.1, 0.15) is 34.6 Å². The Morgan fingerprint density at radius 3 is 2.54 bits per heavy atom. The SMILES string of the molecule is CC1NC(C(=O)NNC(=O)c2ccccc2)Cc2c1[nH]c1ccccc21. The van der Waals surface area contributed by atoms with Gasteiger partial charge in [-0.1, -0.05) is 36.4 Å². The van der Waals surface area contributed by atoms with E-state index in [-0.39, 0.29) is 17.9 Å². The fraction of sp³-hybridized carbons (Fsp3) is 0.200. The highest BCUT2D eigenvalue weighted by atomic mass is 16.2. The number of carbonyl (C=O) groups is 2. The van der Waals surface area contributed by atoms with Crippen molar-refractivity contribution in [3.63, 3.8) is 0 Å². The normalized spacial score (nSPS) is 19.0. The average molecular weight is 348 g/mol. The molecule has 26 heavy (non-hydrogen) atoms. The van der Waals surface area contributed by atoms with E-state index in [0.29, 0.717) is 12.0 Å². The lowest BCUT2D eigenvalue weighted by Gasteiger charge is -2.28. The van der Waals surface area contributed by atoms with Gasteiger partial charge in [-0.05, 0) is 37.1 Å². The van der Waals surface area contributed by atoms with Crippen molar-refractivity contribution in [2.24, 2.45) is 0 Å². The number of para-hydroxylation sites is 1. The molecule has 3 aromatic rings. The van der Waals surface area contributed by atoms with Crippen molar-refractivity contribution in [1.82, 2.24) is 21.2 Å². The topological polar surface area (TPSA) is 86.0 Å². The quantitative estimate of drug-likeness (QED) is 0.536. The van der Waals surface area contributed by atoms with Crippen molar-refractivity contribution in [1.29, 1.82) is 0 Å². The second-order valence-corrected chi connectivity index (χ2v) is 6.52. The summed E-state index contributed by atoms with van der Waals surface area (Å²) in [4.78, 5) is 28.1. The zero-order valence-electron chi connectivity index (χ0n) is 14.4. The number of H-pyrrole nitrogens is 1. The highest BCUT2D eigenvalue weighted by Crippen LogP contribution is 2.31. The van der Waals surface area contributed by atoms with E-state index in [0.717, 1.165) is 22.2 Å². The van der Waals surface area contributed by atoms with E-state index in [4.69, 9.17) is 0 Å². The zero-order valence-corrected chi connectivity index (χ0v) is 14.4. The monoisotopic (exact) mass is 348 g/mol. The van der Waals surface area contributed by atoms with E-state index >= 15 is 0 Å². The molecule has 2 aromatic carbocycles. The van der Waals surface area contributed by atoms with Crippen LogP contribution in [0, 0.1) is 0 Å². The summed E-state index contributed by atoms with van der Waals surface area (Å²) in [5, 5.41) is 4.44. The van der Waals surface area contributed by atoms with Crippen molar-refractivity contribution >= 4 is 22.7 Å². The van der Waals surface area contributed by atoms with Gasteiger partial charge in [0.15, 0.2) is 0 Å². The number of hydrogen-bond donors (Lipinski definition) is 4. The molecule has 132 valence electrons. The van der Waals surface area contributed by atoms with Gasteiger partial charge < -0.3 is 4.98 Å². The lowest BCUT2D eigenvalue weighted by molar-refractivity contribution is -0.124. The van der Waals surface area contributed by atoms with Gasteiger partial charge in [0.25, 0.3) is 11.8 Å². The summed E-state index contributed by atoms with van der Waals surface area (Å²) in [5.41, 5.74) is 8.85. The van der Waals surface area contributed by atoms with Crippen LogP contribution in [0.2, 0.25) is 0 Å². The van der Waals surface area contributed by atoms with E-state index in [1.165, 1.54) is 0 Å². The van der Waals surface area contributed by atoms with Gasteiger partial charge in [-0.3, -0.25) is 25.8 Å². The second-order valence-electron chi connectivity index (χ2n) is 6.52. The fourth-order valence-electron chi connectivity index (χ4n) is 3.49. The van der Waals surface area contributed by atoms with Gasteiger partial charge in [0.2, 0.25) is 0 Å². The van der Waals surface area contributed by atoms with Crippen molar-refractivity contribution < 1.29 is 9.59 Å². The van der Waals surface area contributed by atoms with Gasteiger partial charge in [-0.15, -0.1) is 0 Å². The van der Waals surface area contributed by atoms with E-state index in [1.54, 1.807) is 24.3 Å². The minimum absolute atomic E-state index is 0.0201. The minimum atomic E-state index is -0.409. The molecule has 2 unspecified atom stereocenters. The number of hydrazine groups is 1. The molecule has 2 atom stereocenters. The maximum atomic E-state index is 12.5. The third-order valence-electron chi connectivity index (χ3n) is 4.79. The molecule has 4 rings (SSSR count). The predicted octanol–water partition coefficient (Wildman–Crippen LogP) is 2.20. The summed E-state index contributed by atoms with van der Waals surface area (Å²) in [6, 6.07) is 16.5. The highest BCUT2D eigenvalue weighted by Gasteiger charge is 2.31. The molecule has 1 aromatic heterocycles. The van der Waals surface area contributed by atoms with Crippen molar-refractivity contribution in [2.45, 2.75) is 25.4 Å². The van der Waals surface area contributed by atoms with Crippen LogP contribution in [-0.2, 0) is 11.2 Å². The van der Waals surface area contributed by atoms with Gasteiger partial charge in [0.1, 0.15) is 0 Å². The van der Waals surface area contributed by atoms with Crippen LogP contribution in [-0.4, -0.2) is 22.8 Å². The smallest absolute Gasteiger partial charge is 0.269 e. The largest absolute Gasteiger partial charge is 0.357 e. The van der Waals surface area contributed by atoms with E-state index in [1.807, 2.05) is 31.2 Å². The Kier molecular flexibility index (Phi) is 4.18. The van der Waals surface area contributed by atoms with E-state index < -0.39 is 6.04 Å². The standard InChI is InChI=1S/C20H20N4O2/c1-12-18-15(14-9-5-6-10-16(14)22-18)11-17(21-12)20(26)24-23-19(25)13-7-3-2-4-8-13/h2-10,12,17,21-22H,11H2,1H3,(H,23,25)(H,24,26). The summed E-state index contributed by atoms with van der Waals surface area (Å²) in [6.07, 6.45) is 0.566. The van der Waals surface area contributed by atoms with Crippen LogP contribution >= 0.6 is 0 Å². The molecular weight excluding hydrogens is 328 g/mol. The van der Waals surface area contributed by atoms with E-state index in [2.05, 4.69) is 27.2 Å². The Morgan fingerprint density at radius 1 is 1.00 bits per heavy atom. The van der Waals surface area contributed by atoms with Crippen LogP contribution in [0.25, 0.3) is 10.9 Å². The Labute approximate surface area is 151 Å². The lowest BCUT2D eigenvalue weighted by Crippen LogP contribution is -2.53. The number of amides is 2. The molecular formula is C20H20N4O2. The molecule has 0 bridgehead atoms. The van der Waals surface area contributed by atoms with Gasteiger partial charge in [-0.25, -0.2) is 0 Å². The highest BCUT2D eigenvalue weighted by molar-refractivity contribution is 5.96. The van der Waals surface area contributed by atoms with Crippen molar-refractivity contribution in [2.75, 3.05) is 0 Å². The summed E-state index contributed by atoms with van der Waals surface area (Å²) < 4.78 is 0. The number of aromatic nitrogens is 1. The van der Waals surface area contributed by atoms with Crippen LogP contribution in [0.15, 0.2) is 54.6 Å². The summed E-state index contributed by atoms with van der Waals surface area (Å²) in [5.74, 6) is -0.590. The zero-order chi connectivity index (χ0) is 18.1. The van der Waals surface area contributed by atoms with Crippen LogP contribution in [0.3, 0.4) is 0 Å². The van der Waals surface area contributed by atoms with Crippen LogP contribution in [0.4, 0.5) is 0 Å². The Balaban J connectivity index is 1.47. The Hall–Kier alpha value is -3.12. The summed E-state index contributed by atoms with van der Waals surface area (Å²) >= 11 is 0. The molecule has 0 fully saturated rings. The Bertz CT molecular complexity index is 964. The molecule has 0 saturated heterocycles. The Morgan fingerprint density at radius 2 is 1.73 bits per heavy atom. The van der Waals surface area contributed by atoms with Gasteiger partial charge >= 0.3 is 0 Å². The second kappa shape index (κ2) is 6.65. The van der Waals surface area contributed by atoms with Gasteiger partial charge in [0.05, 0.1) is 6.04 Å². The maximum Gasteiger partial charge on any atom is 0.269 e. The molecule has 0 aliphatic carbocycles. The number of benzene rings is 2. The third-order valence-corrected chi connectivity index (χ3v) is 4.79. The molecule has 2 heterocycles. The molecule has 0 radical (unpaired) electrons. The first-order valence-electron chi connectivity index (χ1n) is 8.64. The molecule has 1 aliphatic rings. The first-order valence-corrected chi connectivity index (χ1v) is 8.64. The number of aromatic amines is 1. The first kappa shape index (κ1) is 16.4. The van der Waals surface area contributed by atoms with Gasteiger partial charge in [0, 0.05) is 28.2 Å². The number of rotatable bonds is 2. The van der Waals surface area contributed by atoms with E-state index in [9.17, 15) is 9.59 Å². The number of nitrogens with one attached hydrogen (secondary N) is 4. The molecule has 6 nitrogen and oxygen atoms in total. The van der Waals surface area contributed by atoms with Crippen molar-refractivity contribution in [3.8, 4) is 0 Å². The summed E-state index contributed by atoms with van der Waals surface area (Å²) in [6.45, 7) is 2.02. The maximum absolute atomic E-state index is 12.5. The molecule has 6 heteroatoms. The molecule has 2 amide bonds. The minimum Gasteiger partial charge on any atom is -0.357 e. The van der Waals surface area contributed by atoms with Crippen LogP contribution in [0.5, 0.6) is 0 Å². The van der Waals surface area contributed by atoms with Crippen molar-refractivity contribution in [3.05, 3.63) is 71.4 Å². The fourth-order valence-corrected chi connectivity index (χ4v) is 3.49. The average Bonchev–Trinajstić information content (AvgIpc) is 3.06. The predicted molar refractivity (Wildman–Crippen MR) is 99.4 cm³/mol. The first-order chi connectivity index (χ1) is 12.6.